The molecule has 1 saturated carbocycles. The first-order valence-electron chi connectivity index (χ1n) is 12.2. The molecule has 1 fully saturated rings. The molecule has 0 saturated heterocycles. The second-order valence-corrected chi connectivity index (χ2v) is 10.0. The van der Waals surface area contributed by atoms with Gasteiger partial charge in [0.2, 0.25) is 11.8 Å². The molecule has 5 rings (SSSR count). The number of thiophene rings is 1. The summed E-state index contributed by atoms with van der Waals surface area (Å²) in [5, 5.41) is 13.6. The van der Waals surface area contributed by atoms with E-state index in [0.717, 1.165) is 41.6 Å². The molecule has 0 unspecified atom stereocenters. The van der Waals surface area contributed by atoms with E-state index in [0.29, 0.717) is 17.9 Å². The highest BCUT2D eigenvalue weighted by molar-refractivity contribution is 7.09. The number of ether oxygens (including phenoxy) is 1. The number of rotatable bonds is 9. The van der Waals surface area contributed by atoms with Gasteiger partial charge < -0.3 is 15.0 Å². The van der Waals surface area contributed by atoms with Crippen molar-refractivity contribution in [2.24, 2.45) is 0 Å². The number of carbonyl (C=O) groups is 2. The molecule has 1 aliphatic carbocycles. The molecule has 2 heterocycles. The predicted molar refractivity (Wildman–Crippen MR) is 139 cm³/mol. The molecule has 2 aromatic carbocycles. The minimum absolute atomic E-state index is 0.0247. The number of amides is 2. The van der Waals surface area contributed by atoms with Crippen LogP contribution < -0.4 is 10.1 Å². The molecule has 0 bridgehead atoms. The van der Waals surface area contributed by atoms with E-state index < -0.39 is 6.04 Å². The quantitative estimate of drug-likeness (QED) is 0.367. The number of aromatic nitrogens is 3. The fourth-order valence-electron chi connectivity index (χ4n) is 4.78. The number of methoxy groups -OCH3 is 1. The molecule has 1 aliphatic rings. The van der Waals surface area contributed by atoms with Crippen molar-refractivity contribution in [3.05, 3.63) is 76.5 Å². The Morgan fingerprint density at radius 1 is 1.14 bits per heavy atom. The maximum absolute atomic E-state index is 13.9. The normalized spacial score (nSPS) is 14.6. The second-order valence-electron chi connectivity index (χ2n) is 9.01. The van der Waals surface area contributed by atoms with Crippen LogP contribution in [0.4, 0.5) is 0 Å². The first-order chi connectivity index (χ1) is 17.6. The van der Waals surface area contributed by atoms with Gasteiger partial charge in [-0.1, -0.05) is 48.4 Å². The minimum Gasteiger partial charge on any atom is -0.497 e. The highest BCUT2D eigenvalue weighted by Crippen LogP contribution is 2.29. The smallest absolute Gasteiger partial charge is 0.247 e. The van der Waals surface area contributed by atoms with Gasteiger partial charge in [-0.05, 0) is 54.1 Å². The molecule has 1 atom stereocenters. The van der Waals surface area contributed by atoms with Gasteiger partial charge >= 0.3 is 0 Å². The first kappa shape index (κ1) is 24.0. The summed E-state index contributed by atoms with van der Waals surface area (Å²) in [5.41, 5.74) is 2.20. The zero-order chi connectivity index (χ0) is 24.9. The van der Waals surface area contributed by atoms with Gasteiger partial charge in [0.1, 0.15) is 23.9 Å². The zero-order valence-corrected chi connectivity index (χ0v) is 21.0. The van der Waals surface area contributed by atoms with Gasteiger partial charge in [0, 0.05) is 10.9 Å². The number of hydrogen-bond donors (Lipinski definition) is 1. The molecule has 8 nitrogen and oxygen atoms in total. The highest BCUT2D eigenvalue weighted by Gasteiger charge is 2.34. The van der Waals surface area contributed by atoms with Gasteiger partial charge in [0.05, 0.1) is 19.2 Å². The Labute approximate surface area is 213 Å². The monoisotopic (exact) mass is 503 g/mol. The molecule has 186 valence electrons. The van der Waals surface area contributed by atoms with Crippen LogP contribution in [-0.4, -0.2) is 44.9 Å². The van der Waals surface area contributed by atoms with Crippen LogP contribution in [0, 0.1) is 0 Å². The summed E-state index contributed by atoms with van der Waals surface area (Å²) >= 11 is 1.56. The zero-order valence-electron chi connectivity index (χ0n) is 20.2. The molecular weight excluding hydrogens is 474 g/mol. The Hall–Kier alpha value is -3.72. The van der Waals surface area contributed by atoms with E-state index >= 15 is 0 Å². The third kappa shape index (κ3) is 5.26. The van der Waals surface area contributed by atoms with E-state index in [1.807, 2.05) is 66.0 Å². The van der Waals surface area contributed by atoms with Gasteiger partial charge in [-0.2, -0.15) is 0 Å². The van der Waals surface area contributed by atoms with Crippen LogP contribution >= 0.6 is 11.3 Å². The average molecular weight is 504 g/mol. The molecular formula is C27H29N5O3S. The van der Waals surface area contributed by atoms with Crippen LogP contribution in [0.25, 0.3) is 11.0 Å². The average Bonchev–Trinajstić information content (AvgIpc) is 3.67. The topological polar surface area (TPSA) is 89.4 Å². The molecule has 0 spiro atoms. The molecule has 36 heavy (non-hydrogen) atoms. The number of hydrogen-bond acceptors (Lipinski definition) is 6. The molecule has 9 heteroatoms. The Morgan fingerprint density at radius 3 is 2.75 bits per heavy atom. The number of nitrogens with zero attached hydrogens (tertiary/aromatic N) is 4. The standard InChI is InChI=1S/C27H29N5O3S/c1-35-21-11-6-8-19(16-21)26(27(34)28-20-9-2-3-10-20)31(17-22-12-7-15-36-22)25(33)18-32-24-14-5-4-13-23(24)29-30-32/h4-8,11-16,20,26H,2-3,9-10,17-18H2,1H3,(H,28,34)/t26-/m0/s1. The minimum atomic E-state index is -0.815. The number of benzene rings is 2. The van der Waals surface area contributed by atoms with Gasteiger partial charge in [0.15, 0.2) is 0 Å². The third-order valence-electron chi connectivity index (χ3n) is 6.60. The Balaban J connectivity index is 1.52. The third-order valence-corrected chi connectivity index (χ3v) is 7.46. The lowest BCUT2D eigenvalue weighted by Crippen LogP contribution is -2.46. The summed E-state index contributed by atoms with van der Waals surface area (Å²) in [7, 11) is 1.59. The van der Waals surface area contributed by atoms with Crippen molar-refractivity contribution >= 4 is 34.2 Å². The van der Waals surface area contributed by atoms with Crippen LogP contribution in [0.3, 0.4) is 0 Å². The maximum atomic E-state index is 13.9. The van der Waals surface area contributed by atoms with Crippen molar-refractivity contribution in [3.8, 4) is 5.75 Å². The highest BCUT2D eigenvalue weighted by atomic mass is 32.1. The number of carbonyl (C=O) groups excluding carboxylic acids is 2. The second kappa shape index (κ2) is 10.9. The van der Waals surface area contributed by atoms with Crippen molar-refractivity contribution in [2.45, 2.75) is 50.9 Å². The van der Waals surface area contributed by atoms with Crippen LogP contribution in [0.5, 0.6) is 5.75 Å². The molecule has 0 aliphatic heterocycles. The Morgan fingerprint density at radius 2 is 1.97 bits per heavy atom. The lowest BCUT2D eigenvalue weighted by Gasteiger charge is -2.32. The molecule has 4 aromatic rings. The summed E-state index contributed by atoms with van der Waals surface area (Å²) in [6.45, 7) is 0.284. The van der Waals surface area contributed by atoms with Crippen LogP contribution in [0.1, 0.15) is 42.2 Å². The van der Waals surface area contributed by atoms with E-state index in [1.54, 1.807) is 28.0 Å². The van der Waals surface area contributed by atoms with E-state index in [-0.39, 0.29) is 24.4 Å². The molecule has 2 aromatic heterocycles. The molecule has 1 N–H and O–H groups in total. The molecule has 2 amide bonds. The van der Waals surface area contributed by atoms with Crippen molar-refractivity contribution < 1.29 is 14.3 Å². The van der Waals surface area contributed by atoms with E-state index in [1.165, 1.54) is 0 Å². The van der Waals surface area contributed by atoms with Crippen molar-refractivity contribution in [1.29, 1.82) is 0 Å². The predicted octanol–water partition coefficient (Wildman–Crippen LogP) is 4.33. The van der Waals surface area contributed by atoms with Crippen molar-refractivity contribution in [3.63, 3.8) is 0 Å². The van der Waals surface area contributed by atoms with Crippen molar-refractivity contribution in [1.82, 2.24) is 25.2 Å². The largest absolute Gasteiger partial charge is 0.497 e. The van der Waals surface area contributed by atoms with E-state index in [9.17, 15) is 9.59 Å². The number of fused-ring (bicyclic) bond motifs is 1. The summed E-state index contributed by atoms with van der Waals surface area (Å²) in [6, 6.07) is 18.2. The van der Waals surface area contributed by atoms with Gasteiger partial charge in [-0.3, -0.25) is 9.59 Å². The van der Waals surface area contributed by atoms with Gasteiger partial charge in [-0.15, -0.1) is 16.4 Å². The van der Waals surface area contributed by atoms with Crippen LogP contribution in [0.2, 0.25) is 0 Å². The summed E-state index contributed by atoms with van der Waals surface area (Å²) in [6.07, 6.45) is 4.12. The van der Waals surface area contributed by atoms with Crippen molar-refractivity contribution in [2.75, 3.05) is 7.11 Å². The van der Waals surface area contributed by atoms with Gasteiger partial charge in [0.25, 0.3) is 0 Å². The first-order valence-corrected chi connectivity index (χ1v) is 13.0. The van der Waals surface area contributed by atoms with Crippen LogP contribution in [0.15, 0.2) is 66.0 Å². The van der Waals surface area contributed by atoms with E-state index in [4.69, 9.17) is 4.74 Å². The summed E-state index contributed by atoms with van der Waals surface area (Å²) in [5.74, 6) is 0.244. The number of nitrogens with one attached hydrogen (secondary N) is 1. The Kier molecular flexibility index (Phi) is 7.27. The number of para-hydroxylation sites is 1. The lowest BCUT2D eigenvalue weighted by molar-refractivity contribution is -0.142. The molecule has 0 radical (unpaired) electrons. The fourth-order valence-corrected chi connectivity index (χ4v) is 5.48. The summed E-state index contributed by atoms with van der Waals surface area (Å²) in [4.78, 5) is 30.4. The van der Waals surface area contributed by atoms with Crippen LogP contribution in [-0.2, 0) is 22.7 Å². The maximum Gasteiger partial charge on any atom is 0.247 e. The van der Waals surface area contributed by atoms with E-state index in [2.05, 4.69) is 15.6 Å². The van der Waals surface area contributed by atoms with Gasteiger partial charge in [-0.25, -0.2) is 4.68 Å². The fraction of sp³-hybridized carbons (Fsp3) is 0.333. The summed E-state index contributed by atoms with van der Waals surface area (Å²) < 4.78 is 7.04. The SMILES string of the molecule is COc1cccc([C@@H](C(=O)NC2CCCC2)N(Cc2cccs2)C(=O)Cn2nnc3ccccc32)c1. The lowest BCUT2D eigenvalue weighted by atomic mass is 10.0. The Bertz CT molecular complexity index is 1330.